The Bertz CT molecular complexity index is 980. The van der Waals surface area contributed by atoms with Crippen LogP contribution in [0.3, 0.4) is 0 Å². The zero-order chi connectivity index (χ0) is 24.6. The van der Waals surface area contributed by atoms with Gasteiger partial charge >= 0.3 is 11.9 Å². The molecule has 1 unspecified atom stereocenters. The van der Waals surface area contributed by atoms with Gasteiger partial charge in [0.15, 0.2) is 6.29 Å². The first-order valence-corrected chi connectivity index (χ1v) is 10.0. The molecule has 0 amide bonds. The van der Waals surface area contributed by atoms with Crippen LogP contribution in [-0.4, -0.2) is 33.5 Å². The van der Waals surface area contributed by atoms with E-state index in [1.54, 1.807) is 19.1 Å². The Morgan fingerprint density at radius 2 is 1.15 bits per heavy atom. The number of hydrogen-bond donors (Lipinski definition) is 3. The van der Waals surface area contributed by atoms with Gasteiger partial charge in [0.25, 0.3) is 0 Å². The number of rotatable bonds is 4. The highest BCUT2D eigenvalue weighted by Gasteiger charge is 2.15. The number of benzene rings is 3. The SMILES string of the molecule is C=CC(=O)O.C=CC(=O)O.CC(O)Oc1ccccc1.c1ccc2c(c1)Cc1ccccc1-2. The van der Waals surface area contributed by atoms with Crippen LogP contribution in [0.1, 0.15) is 18.1 Å². The van der Waals surface area contributed by atoms with Crippen molar-refractivity contribution in [2.45, 2.75) is 19.6 Å². The fourth-order valence-electron chi connectivity index (χ4n) is 2.78. The Hall–Kier alpha value is -4.16. The van der Waals surface area contributed by atoms with Crippen molar-refractivity contribution < 1.29 is 29.6 Å². The van der Waals surface area contributed by atoms with E-state index in [0.717, 1.165) is 18.6 Å². The van der Waals surface area contributed by atoms with Crippen molar-refractivity contribution >= 4 is 11.9 Å². The summed E-state index contributed by atoms with van der Waals surface area (Å²) in [6, 6.07) is 26.5. The highest BCUT2D eigenvalue weighted by Crippen LogP contribution is 2.35. The Kier molecular flexibility index (Phi) is 12.0. The van der Waals surface area contributed by atoms with Gasteiger partial charge in [-0.2, -0.15) is 0 Å². The minimum atomic E-state index is -0.981. The molecule has 172 valence electrons. The largest absolute Gasteiger partial charge is 0.478 e. The zero-order valence-electron chi connectivity index (χ0n) is 18.4. The van der Waals surface area contributed by atoms with E-state index in [1.807, 2.05) is 18.2 Å². The van der Waals surface area contributed by atoms with Crippen LogP contribution in [0, 0.1) is 0 Å². The van der Waals surface area contributed by atoms with Gasteiger partial charge in [-0.15, -0.1) is 0 Å². The van der Waals surface area contributed by atoms with E-state index in [0.29, 0.717) is 5.75 Å². The fourth-order valence-corrected chi connectivity index (χ4v) is 2.78. The highest BCUT2D eigenvalue weighted by molar-refractivity contribution is 5.79. The molecule has 1 aliphatic carbocycles. The molecule has 6 heteroatoms. The minimum absolute atomic E-state index is 0.692. The van der Waals surface area contributed by atoms with Gasteiger partial charge in [-0.3, -0.25) is 0 Å². The fraction of sp³-hybridized carbons (Fsp3) is 0.111. The monoisotopic (exact) mass is 448 g/mol. The van der Waals surface area contributed by atoms with Gasteiger partial charge in [-0.1, -0.05) is 79.9 Å². The number of fused-ring (bicyclic) bond motifs is 3. The normalized spacial score (nSPS) is 10.6. The molecule has 0 fully saturated rings. The first kappa shape index (κ1) is 26.9. The summed E-state index contributed by atoms with van der Waals surface area (Å²) in [5.74, 6) is -1.27. The molecule has 0 heterocycles. The second-order valence-electron chi connectivity index (χ2n) is 6.61. The third-order valence-electron chi connectivity index (χ3n) is 4.10. The lowest BCUT2D eigenvalue weighted by Gasteiger charge is -2.06. The van der Waals surface area contributed by atoms with Crippen LogP contribution in [0.15, 0.2) is 104 Å². The minimum Gasteiger partial charge on any atom is -0.478 e. The number of aliphatic carboxylic acids is 2. The van der Waals surface area contributed by atoms with Gasteiger partial charge in [0.1, 0.15) is 5.75 Å². The van der Waals surface area contributed by atoms with E-state index in [9.17, 15) is 9.59 Å². The van der Waals surface area contributed by atoms with Crippen molar-refractivity contribution in [1.82, 2.24) is 0 Å². The Balaban J connectivity index is 0.000000243. The van der Waals surface area contributed by atoms with Crippen LogP contribution in [0.5, 0.6) is 5.75 Å². The molecule has 4 rings (SSSR count). The lowest BCUT2D eigenvalue weighted by atomic mass is 10.1. The molecule has 0 aliphatic heterocycles. The Morgan fingerprint density at radius 1 is 0.788 bits per heavy atom. The number of aliphatic hydroxyl groups excluding tert-OH is 1. The lowest BCUT2D eigenvalue weighted by molar-refractivity contribution is -0.132. The number of aliphatic hydroxyl groups is 1. The third kappa shape index (κ3) is 10.6. The molecule has 3 N–H and O–H groups in total. The molecule has 3 aromatic rings. The number of ether oxygens (including phenoxy) is 1. The van der Waals surface area contributed by atoms with Crippen molar-refractivity contribution in [1.29, 1.82) is 0 Å². The van der Waals surface area contributed by atoms with Crippen LogP contribution in [0.25, 0.3) is 11.1 Å². The maximum atomic E-state index is 9.25. The molecule has 0 saturated carbocycles. The summed E-state index contributed by atoms with van der Waals surface area (Å²) >= 11 is 0. The third-order valence-corrected chi connectivity index (χ3v) is 4.10. The number of carboxylic acid groups (broad SMARTS) is 2. The van der Waals surface area contributed by atoms with E-state index in [2.05, 4.69) is 61.7 Å². The van der Waals surface area contributed by atoms with Crippen LogP contribution >= 0.6 is 0 Å². The van der Waals surface area contributed by atoms with Crippen LogP contribution < -0.4 is 4.74 Å². The van der Waals surface area contributed by atoms with Gasteiger partial charge in [-0.25, -0.2) is 9.59 Å². The van der Waals surface area contributed by atoms with Crippen molar-refractivity contribution in [2.75, 3.05) is 0 Å². The molecular formula is C27H28O6. The molecule has 3 aromatic carbocycles. The van der Waals surface area contributed by atoms with Crippen LogP contribution in [0.2, 0.25) is 0 Å². The van der Waals surface area contributed by atoms with Gasteiger partial charge in [0.05, 0.1) is 0 Å². The van der Waals surface area contributed by atoms with Crippen molar-refractivity contribution in [3.8, 4) is 16.9 Å². The van der Waals surface area contributed by atoms with Gasteiger partial charge in [0.2, 0.25) is 0 Å². The molecule has 0 spiro atoms. The smallest absolute Gasteiger partial charge is 0.327 e. The predicted octanol–water partition coefficient (Wildman–Crippen LogP) is 5.18. The van der Waals surface area contributed by atoms with Crippen LogP contribution in [0.4, 0.5) is 0 Å². The van der Waals surface area contributed by atoms with E-state index in [4.69, 9.17) is 20.1 Å². The van der Waals surface area contributed by atoms with Gasteiger partial charge in [0, 0.05) is 12.2 Å². The van der Waals surface area contributed by atoms with E-state index < -0.39 is 18.2 Å². The molecule has 1 aliphatic rings. The number of carboxylic acids is 2. The summed E-state index contributed by atoms with van der Waals surface area (Å²) < 4.78 is 4.97. The average Bonchev–Trinajstić information content (AvgIpc) is 3.19. The van der Waals surface area contributed by atoms with Crippen molar-refractivity contribution in [3.05, 3.63) is 115 Å². The number of hydrogen-bond acceptors (Lipinski definition) is 4. The standard InChI is InChI=1S/C13H10.C8H10O2.2C3H4O2/c1-3-7-12-10(5-1)9-11-6-2-4-8-13(11)12;1-7(9)10-8-5-3-2-4-6-8;2*1-2-3(4)5/h1-8H,9H2;2-7,9H,1H3;2*2H,1H2,(H,4,5). The molecule has 0 saturated heterocycles. The first-order chi connectivity index (χ1) is 15.8. The van der Waals surface area contributed by atoms with Crippen LogP contribution in [-0.2, 0) is 16.0 Å². The van der Waals surface area contributed by atoms with E-state index >= 15 is 0 Å². The van der Waals surface area contributed by atoms with Crippen molar-refractivity contribution in [2.24, 2.45) is 0 Å². The Labute approximate surface area is 193 Å². The lowest BCUT2D eigenvalue weighted by Crippen LogP contribution is -2.08. The van der Waals surface area contributed by atoms with E-state index in [1.165, 1.54) is 22.3 Å². The zero-order valence-corrected chi connectivity index (χ0v) is 18.4. The summed E-state index contributed by atoms with van der Waals surface area (Å²) in [5.41, 5.74) is 5.75. The second-order valence-corrected chi connectivity index (χ2v) is 6.61. The topological polar surface area (TPSA) is 104 Å². The van der Waals surface area contributed by atoms with Gasteiger partial charge < -0.3 is 20.1 Å². The summed E-state index contributed by atoms with van der Waals surface area (Å²) in [7, 11) is 0. The summed E-state index contributed by atoms with van der Waals surface area (Å²) in [6.45, 7) is 7.50. The van der Waals surface area contributed by atoms with E-state index in [-0.39, 0.29) is 0 Å². The summed E-state index contributed by atoms with van der Waals surface area (Å²) in [5, 5.41) is 24.0. The second kappa shape index (κ2) is 14.8. The quantitative estimate of drug-likeness (QED) is 0.294. The maximum Gasteiger partial charge on any atom is 0.327 e. The van der Waals surface area contributed by atoms with Gasteiger partial charge in [-0.05, 0) is 47.7 Å². The number of para-hydroxylation sites is 1. The average molecular weight is 449 g/mol. The van der Waals surface area contributed by atoms with Crippen molar-refractivity contribution in [3.63, 3.8) is 0 Å². The first-order valence-electron chi connectivity index (χ1n) is 10.0. The number of carbonyl (C=O) groups is 2. The molecule has 33 heavy (non-hydrogen) atoms. The molecule has 1 atom stereocenters. The molecule has 0 radical (unpaired) electrons. The molecule has 0 bridgehead atoms. The highest BCUT2D eigenvalue weighted by atomic mass is 16.6. The summed E-state index contributed by atoms with van der Waals surface area (Å²) in [6.07, 6.45) is 2.04. The Morgan fingerprint density at radius 3 is 1.52 bits per heavy atom. The molecule has 6 nitrogen and oxygen atoms in total. The molecular weight excluding hydrogens is 420 g/mol. The maximum absolute atomic E-state index is 9.25. The summed E-state index contributed by atoms with van der Waals surface area (Å²) in [4.78, 5) is 18.5. The predicted molar refractivity (Wildman–Crippen MR) is 129 cm³/mol. The molecule has 0 aromatic heterocycles.